The Labute approximate surface area is 144 Å². The van der Waals surface area contributed by atoms with E-state index in [-0.39, 0.29) is 5.91 Å². The van der Waals surface area contributed by atoms with Crippen molar-refractivity contribution in [3.63, 3.8) is 0 Å². The molecule has 0 radical (unpaired) electrons. The van der Waals surface area contributed by atoms with E-state index in [0.29, 0.717) is 11.5 Å². The number of hydrogen-bond acceptors (Lipinski definition) is 5. The molecular formula is C18H29N3O3. The average Bonchev–Trinajstić information content (AvgIpc) is 2.56. The molecule has 0 atom stereocenters. The Morgan fingerprint density at radius 3 is 2.17 bits per heavy atom. The molecule has 1 aliphatic rings. The molecule has 0 spiro atoms. The number of rotatable bonds is 5. The second kappa shape index (κ2) is 7.40. The molecule has 24 heavy (non-hydrogen) atoms. The van der Waals surface area contributed by atoms with E-state index in [1.807, 2.05) is 32.9 Å². The SMILES string of the molecule is COc1cc(C)c(NC(=O)C(C)(C)N2CCN(C)CC2)cc1OC. The Hall–Kier alpha value is -1.79. The summed E-state index contributed by atoms with van der Waals surface area (Å²) in [5, 5.41) is 3.06. The largest absolute Gasteiger partial charge is 0.493 e. The van der Waals surface area contributed by atoms with E-state index < -0.39 is 5.54 Å². The van der Waals surface area contributed by atoms with Gasteiger partial charge in [-0.25, -0.2) is 0 Å². The number of anilines is 1. The maximum absolute atomic E-state index is 12.9. The van der Waals surface area contributed by atoms with Crippen molar-refractivity contribution in [2.24, 2.45) is 0 Å². The molecule has 1 aromatic carbocycles. The monoisotopic (exact) mass is 335 g/mol. The Morgan fingerprint density at radius 1 is 1.08 bits per heavy atom. The minimum Gasteiger partial charge on any atom is -0.493 e. The minimum absolute atomic E-state index is 0.0117. The van der Waals surface area contributed by atoms with Crippen molar-refractivity contribution >= 4 is 11.6 Å². The highest BCUT2D eigenvalue weighted by atomic mass is 16.5. The number of ether oxygens (including phenoxy) is 2. The number of methoxy groups -OCH3 is 2. The lowest BCUT2D eigenvalue weighted by Gasteiger charge is -2.42. The van der Waals surface area contributed by atoms with Gasteiger partial charge in [0.1, 0.15) is 0 Å². The first-order valence-corrected chi connectivity index (χ1v) is 8.27. The second-order valence-corrected chi connectivity index (χ2v) is 6.83. The molecule has 0 saturated carbocycles. The van der Waals surface area contributed by atoms with Crippen LogP contribution in [0.3, 0.4) is 0 Å². The van der Waals surface area contributed by atoms with E-state index in [0.717, 1.165) is 37.4 Å². The summed E-state index contributed by atoms with van der Waals surface area (Å²) < 4.78 is 10.6. The summed E-state index contributed by atoms with van der Waals surface area (Å²) in [6, 6.07) is 3.68. The molecule has 1 amide bonds. The van der Waals surface area contributed by atoms with Gasteiger partial charge in [-0.2, -0.15) is 0 Å². The van der Waals surface area contributed by atoms with E-state index in [1.54, 1.807) is 14.2 Å². The van der Waals surface area contributed by atoms with Crippen LogP contribution in [0, 0.1) is 6.92 Å². The van der Waals surface area contributed by atoms with Crippen LogP contribution >= 0.6 is 0 Å². The maximum atomic E-state index is 12.9. The molecule has 134 valence electrons. The molecule has 0 unspecified atom stereocenters. The Morgan fingerprint density at radius 2 is 1.62 bits per heavy atom. The number of carbonyl (C=O) groups excluding carboxylic acids is 1. The summed E-state index contributed by atoms with van der Waals surface area (Å²) in [5.74, 6) is 1.25. The third-order valence-electron chi connectivity index (χ3n) is 4.83. The standard InChI is InChI=1S/C18H29N3O3/c1-13-11-15(23-5)16(24-6)12-14(13)19-17(22)18(2,3)21-9-7-20(4)8-10-21/h11-12H,7-10H2,1-6H3,(H,19,22). The van der Waals surface area contributed by atoms with Crippen LogP contribution in [0.25, 0.3) is 0 Å². The van der Waals surface area contributed by atoms with Crippen LogP contribution < -0.4 is 14.8 Å². The molecule has 1 saturated heterocycles. The predicted molar refractivity (Wildman–Crippen MR) is 96.1 cm³/mol. The normalized spacial score (nSPS) is 16.8. The van der Waals surface area contributed by atoms with Gasteiger partial charge >= 0.3 is 0 Å². The molecular weight excluding hydrogens is 306 g/mol. The van der Waals surface area contributed by atoms with Crippen LogP contribution in [0.15, 0.2) is 12.1 Å². The summed E-state index contributed by atoms with van der Waals surface area (Å²) in [4.78, 5) is 17.4. The van der Waals surface area contributed by atoms with Gasteiger partial charge in [0.05, 0.1) is 19.8 Å². The first-order valence-electron chi connectivity index (χ1n) is 8.27. The van der Waals surface area contributed by atoms with Crippen LogP contribution in [0.4, 0.5) is 5.69 Å². The van der Waals surface area contributed by atoms with E-state index in [9.17, 15) is 4.79 Å². The summed E-state index contributed by atoms with van der Waals surface area (Å²) >= 11 is 0. The average molecular weight is 335 g/mol. The first kappa shape index (κ1) is 18.5. The molecule has 0 aliphatic carbocycles. The molecule has 6 nitrogen and oxygen atoms in total. The van der Waals surface area contributed by atoms with Gasteiger partial charge in [-0.05, 0) is 39.4 Å². The number of nitrogens with one attached hydrogen (secondary N) is 1. The van der Waals surface area contributed by atoms with Gasteiger partial charge in [0.2, 0.25) is 5.91 Å². The van der Waals surface area contributed by atoms with Crippen LogP contribution in [0.5, 0.6) is 11.5 Å². The van der Waals surface area contributed by atoms with Crippen LogP contribution in [0.1, 0.15) is 19.4 Å². The molecule has 0 bridgehead atoms. The Balaban J connectivity index is 2.16. The van der Waals surface area contributed by atoms with Crippen LogP contribution in [0.2, 0.25) is 0 Å². The molecule has 1 fully saturated rings. The summed E-state index contributed by atoms with van der Waals surface area (Å²) in [6.07, 6.45) is 0. The third kappa shape index (κ3) is 3.82. The zero-order valence-corrected chi connectivity index (χ0v) is 15.6. The van der Waals surface area contributed by atoms with Gasteiger partial charge in [0.25, 0.3) is 0 Å². The Bertz CT molecular complexity index is 593. The molecule has 0 aromatic heterocycles. The zero-order chi connectivity index (χ0) is 17.9. The number of aryl methyl sites for hydroxylation is 1. The summed E-state index contributed by atoms with van der Waals surface area (Å²) in [5.41, 5.74) is 1.12. The summed E-state index contributed by atoms with van der Waals surface area (Å²) in [6.45, 7) is 9.63. The van der Waals surface area contributed by atoms with E-state index in [4.69, 9.17) is 9.47 Å². The van der Waals surface area contributed by atoms with Crippen molar-refractivity contribution in [2.75, 3.05) is 52.8 Å². The second-order valence-electron chi connectivity index (χ2n) is 6.83. The lowest BCUT2D eigenvalue weighted by atomic mass is 9.99. The quantitative estimate of drug-likeness (QED) is 0.892. The zero-order valence-electron chi connectivity index (χ0n) is 15.6. The number of hydrogen-bond donors (Lipinski definition) is 1. The van der Waals surface area contributed by atoms with Gasteiger partial charge < -0.3 is 19.7 Å². The first-order chi connectivity index (χ1) is 11.3. The number of amides is 1. The highest BCUT2D eigenvalue weighted by Crippen LogP contribution is 2.33. The number of benzene rings is 1. The number of piperazine rings is 1. The predicted octanol–water partition coefficient (Wildman–Crippen LogP) is 1.98. The van der Waals surface area contributed by atoms with Gasteiger partial charge in [0, 0.05) is 37.9 Å². The molecule has 2 rings (SSSR count). The van der Waals surface area contributed by atoms with Crippen molar-refractivity contribution in [1.29, 1.82) is 0 Å². The number of nitrogens with zero attached hydrogens (tertiary/aromatic N) is 2. The fourth-order valence-electron chi connectivity index (χ4n) is 2.90. The van der Waals surface area contributed by atoms with Crippen molar-refractivity contribution in [1.82, 2.24) is 9.80 Å². The van der Waals surface area contributed by atoms with Gasteiger partial charge in [-0.1, -0.05) is 0 Å². The van der Waals surface area contributed by atoms with Gasteiger partial charge in [-0.15, -0.1) is 0 Å². The van der Waals surface area contributed by atoms with Crippen molar-refractivity contribution in [2.45, 2.75) is 26.3 Å². The molecule has 1 heterocycles. The summed E-state index contributed by atoms with van der Waals surface area (Å²) in [7, 11) is 5.30. The molecule has 6 heteroatoms. The number of carbonyl (C=O) groups is 1. The third-order valence-corrected chi connectivity index (χ3v) is 4.83. The fraction of sp³-hybridized carbons (Fsp3) is 0.611. The lowest BCUT2D eigenvalue weighted by molar-refractivity contribution is -0.127. The smallest absolute Gasteiger partial charge is 0.244 e. The molecule has 1 N–H and O–H groups in total. The number of likely N-dealkylation sites (N-methyl/N-ethyl adjacent to an activating group) is 1. The minimum atomic E-state index is -0.569. The van der Waals surface area contributed by atoms with Crippen LogP contribution in [-0.2, 0) is 4.79 Å². The Kier molecular flexibility index (Phi) is 5.72. The fourth-order valence-corrected chi connectivity index (χ4v) is 2.90. The van der Waals surface area contributed by atoms with E-state index in [1.165, 1.54) is 0 Å². The highest BCUT2D eigenvalue weighted by molar-refractivity contribution is 5.98. The molecule has 1 aliphatic heterocycles. The lowest BCUT2D eigenvalue weighted by Crippen LogP contribution is -2.58. The van der Waals surface area contributed by atoms with Crippen molar-refractivity contribution in [3.05, 3.63) is 17.7 Å². The van der Waals surface area contributed by atoms with Crippen molar-refractivity contribution < 1.29 is 14.3 Å². The van der Waals surface area contributed by atoms with E-state index >= 15 is 0 Å². The van der Waals surface area contributed by atoms with Crippen LogP contribution in [-0.4, -0.2) is 68.7 Å². The topological polar surface area (TPSA) is 54.0 Å². The van der Waals surface area contributed by atoms with Gasteiger partial charge in [-0.3, -0.25) is 9.69 Å². The van der Waals surface area contributed by atoms with Crippen molar-refractivity contribution in [3.8, 4) is 11.5 Å². The maximum Gasteiger partial charge on any atom is 0.244 e. The highest BCUT2D eigenvalue weighted by Gasteiger charge is 2.36. The van der Waals surface area contributed by atoms with E-state index in [2.05, 4.69) is 22.2 Å². The van der Waals surface area contributed by atoms with Gasteiger partial charge in [0.15, 0.2) is 11.5 Å². The molecule has 1 aromatic rings.